The summed E-state index contributed by atoms with van der Waals surface area (Å²) in [5, 5.41) is 16.8. The molecule has 0 bridgehead atoms. The van der Waals surface area contributed by atoms with Crippen molar-refractivity contribution in [1.82, 2.24) is 0 Å². The molecule has 1 heterocycles. The Morgan fingerprint density at radius 1 is 1.23 bits per heavy atom. The van der Waals surface area contributed by atoms with E-state index in [9.17, 15) is 14.9 Å². The number of nitrogens with zero attached hydrogens (tertiary/aromatic N) is 3. The molecule has 0 aromatic heterocycles. The van der Waals surface area contributed by atoms with Crippen LogP contribution in [0.5, 0.6) is 0 Å². The second kappa shape index (κ2) is 7.17. The molecule has 0 N–H and O–H groups in total. The maximum Gasteiger partial charge on any atom is 0.275 e. The molecule has 1 amide bonds. The number of hydrazone groups is 1. The molecule has 0 aliphatic carbocycles. The molecule has 2 aromatic rings. The number of para-hydroxylation sites is 1. The maximum absolute atomic E-state index is 13.2. The van der Waals surface area contributed by atoms with Crippen LogP contribution in [0.15, 0.2) is 64.2 Å². The van der Waals surface area contributed by atoms with Gasteiger partial charge in [-0.25, -0.2) is 0 Å². The van der Waals surface area contributed by atoms with Crippen molar-refractivity contribution >= 4 is 44.8 Å². The van der Waals surface area contributed by atoms with E-state index >= 15 is 0 Å². The lowest BCUT2D eigenvalue weighted by atomic mass is 9.82. The van der Waals surface area contributed by atoms with Crippen LogP contribution in [0.4, 0.5) is 5.69 Å². The summed E-state index contributed by atoms with van der Waals surface area (Å²) in [6.07, 6.45) is 0. The molecule has 0 spiro atoms. The number of rotatable bonds is 5. The molecule has 0 saturated heterocycles. The van der Waals surface area contributed by atoms with Gasteiger partial charge in [0.15, 0.2) is 4.87 Å². The lowest BCUT2D eigenvalue weighted by Gasteiger charge is -2.29. The lowest BCUT2D eigenvalue weighted by Crippen LogP contribution is -2.48. The van der Waals surface area contributed by atoms with Crippen LogP contribution in [-0.4, -0.2) is 28.0 Å². The Bertz CT molecular complexity index is 890. The van der Waals surface area contributed by atoms with E-state index in [1.165, 1.54) is 5.01 Å². The van der Waals surface area contributed by atoms with Gasteiger partial charge >= 0.3 is 0 Å². The number of halogens is 2. The van der Waals surface area contributed by atoms with Gasteiger partial charge < -0.3 is 0 Å². The smallest absolute Gasteiger partial charge is 0.270 e. The minimum Gasteiger partial charge on any atom is -0.270 e. The second-order valence-corrected chi connectivity index (χ2v) is 7.39. The van der Waals surface area contributed by atoms with Crippen molar-refractivity contribution in [2.75, 3.05) is 11.6 Å². The Labute approximate surface area is 163 Å². The molecule has 3 rings (SSSR count). The van der Waals surface area contributed by atoms with Crippen molar-refractivity contribution in [3.8, 4) is 0 Å². The van der Waals surface area contributed by atoms with Gasteiger partial charge in [-0.15, -0.1) is 11.6 Å². The molecule has 0 radical (unpaired) electrons. The first-order valence-corrected chi connectivity index (χ1v) is 9.03. The van der Waals surface area contributed by atoms with Crippen LogP contribution in [-0.2, 0) is 4.79 Å². The zero-order valence-corrected chi connectivity index (χ0v) is 16.1. The lowest BCUT2D eigenvalue weighted by molar-refractivity contribution is -0.483. The van der Waals surface area contributed by atoms with E-state index in [2.05, 4.69) is 21.0 Å². The van der Waals surface area contributed by atoms with E-state index in [0.717, 1.165) is 0 Å². The summed E-state index contributed by atoms with van der Waals surface area (Å²) in [6, 6.07) is 15.9. The highest BCUT2D eigenvalue weighted by Crippen LogP contribution is 2.44. The largest absolute Gasteiger partial charge is 0.275 e. The molecular weight excluding hydrogens is 422 g/mol. The Morgan fingerprint density at radius 2 is 1.85 bits per heavy atom. The number of alkyl halides is 1. The molecule has 2 unspecified atom stereocenters. The molecule has 26 heavy (non-hydrogen) atoms. The number of benzene rings is 2. The third-order valence-corrected chi connectivity index (χ3v) is 5.79. The minimum absolute atomic E-state index is 0.329. The number of hydrogen-bond acceptors (Lipinski definition) is 4. The zero-order chi connectivity index (χ0) is 18.9. The first-order valence-electron chi connectivity index (χ1n) is 7.86. The van der Waals surface area contributed by atoms with Crippen LogP contribution in [0.1, 0.15) is 18.4 Å². The Balaban J connectivity index is 2.09. The summed E-state index contributed by atoms with van der Waals surface area (Å²) in [6.45, 7) is 1.13. The average molecular weight is 437 g/mol. The molecule has 6 nitrogen and oxygen atoms in total. The molecule has 0 saturated carbocycles. The number of nitro groups is 1. The predicted octanol–water partition coefficient (Wildman–Crippen LogP) is 4.21. The van der Waals surface area contributed by atoms with E-state index in [1.54, 1.807) is 55.5 Å². The number of anilines is 1. The van der Waals surface area contributed by atoms with Crippen molar-refractivity contribution in [3.05, 3.63) is 74.7 Å². The van der Waals surface area contributed by atoms with Crippen LogP contribution in [0, 0.1) is 10.1 Å². The summed E-state index contributed by atoms with van der Waals surface area (Å²) in [5.41, 5.74) is 1.49. The molecule has 1 aliphatic heterocycles. The van der Waals surface area contributed by atoms with E-state index in [-0.39, 0.29) is 0 Å². The van der Waals surface area contributed by atoms with Crippen molar-refractivity contribution in [3.63, 3.8) is 0 Å². The van der Waals surface area contributed by atoms with Crippen LogP contribution in [0.3, 0.4) is 0 Å². The molecule has 0 fully saturated rings. The quantitative estimate of drug-likeness (QED) is 0.400. The number of carbonyl (C=O) groups excluding carboxylic acids is 1. The first kappa shape index (κ1) is 18.5. The van der Waals surface area contributed by atoms with Crippen molar-refractivity contribution in [2.24, 2.45) is 5.10 Å². The van der Waals surface area contributed by atoms with E-state index < -0.39 is 28.2 Å². The van der Waals surface area contributed by atoms with Gasteiger partial charge in [-0.2, -0.15) is 10.1 Å². The molecule has 1 aliphatic rings. The zero-order valence-electron chi connectivity index (χ0n) is 13.8. The van der Waals surface area contributed by atoms with E-state index in [1.807, 2.05) is 6.07 Å². The number of amides is 1. The standard InChI is InChI=1S/C18H15BrClN3O3/c1-12-18(20,17(24)23(21-12)13-7-3-2-4-8-13)15(11-22(25)26)14-9-5-6-10-16(14)19/h2-10,15H,11H2,1H3. The summed E-state index contributed by atoms with van der Waals surface area (Å²) in [7, 11) is 0. The van der Waals surface area contributed by atoms with Crippen LogP contribution in [0.25, 0.3) is 0 Å². The highest BCUT2D eigenvalue weighted by atomic mass is 79.9. The normalized spacial score (nSPS) is 20.8. The van der Waals surface area contributed by atoms with Crippen LogP contribution >= 0.6 is 27.5 Å². The van der Waals surface area contributed by atoms with Gasteiger partial charge in [-0.3, -0.25) is 14.9 Å². The minimum atomic E-state index is -1.63. The van der Waals surface area contributed by atoms with Crippen molar-refractivity contribution in [2.45, 2.75) is 17.7 Å². The SMILES string of the molecule is CC1=NN(c2ccccc2)C(=O)C1(Cl)C(C[N+](=O)[O-])c1ccccc1Br. The van der Waals surface area contributed by atoms with Crippen LogP contribution in [0.2, 0.25) is 0 Å². The highest BCUT2D eigenvalue weighted by Gasteiger charge is 2.56. The van der Waals surface area contributed by atoms with Gasteiger partial charge in [0.05, 0.1) is 17.3 Å². The van der Waals surface area contributed by atoms with E-state index in [0.29, 0.717) is 21.4 Å². The monoisotopic (exact) mass is 435 g/mol. The third-order valence-electron chi connectivity index (χ3n) is 4.37. The summed E-state index contributed by atoms with van der Waals surface area (Å²) in [4.78, 5) is 22.4. The number of carbonyl (C=O) groups is 1. The Kier molecular flexibility index (Phi) is 5.11. The van der Waals surface area contributed by atoms with Gasteiger partial charge in [-0.1, -0.05) is 52.3 Å². The topological polar surface area (TPSA) is 75.8 Å². The van der Waals surface area contributed by atoms with Gasteiger partial charge in [0.2, 0.25) is 6.54 Å². The predicted molar refractivity (Wildman–Crippen MR) is 104 cm³/mol. The van der Waals surface area contributed by atoms with Crippen molar-refractivity contribution in [1.29, 1.82) is 0 Å². The fraction of sp³-hybridized carbons (Fsp3) is 0.222. The molecule has 2 aromatic carbocycles. The fourth-order valence-electron chi connectivity index (χ4n) is 3.07. The maximum atomic E-state index is 13.2. The van der Waals surface area contributed by atoms with Crippen LogP contribution < -0.4 is 5.01 Å². The van der Waals surface area contributed by atoms with Gasteiger partial charge in [-0.05, 0) is 30.7 Å². The molecule has 8 heteroatoms. The van der Waals surface area contributed by atoms with Gasteiger partial charge in [0.1, 0.15) is 0 Å². The summed E-state index contributed by atoms with van der Waals surface area (Å²) in [5.74, 6) is -1.37. The Morgan fingerprint density at radius 3 is 2.46 bits per heavy atom. The summed E-state index contributed by atoms with van der Waals surface area (Å²) < 4.78 is 0.658. The second-order valence-electron chi connectivity index (χ2n) is 5.94. The van der Waals surface area contributed by atoms with Gasteiger partial charge in [0.25, 0.3) is 5.91 Å². The van der Waals surface area contributed by atoms with Gasteiger partial charge in [0, 0.05) is 9.40 Å². The average Bonchev–Trinajstić information content (AvgIpc) is 2.86. The highest BCUT2D eigenvalue weighted by molar-refractivity contribution is 9.10. The summed E-state index contributed by atoms with van der Waals surface area (Å²) >= 11 is 10.2. The van der Waals surface area contributed by atoms with E-state index in [4.69, 9.17) is 11.6 Å². The number of hydrogen-bond donors (Lipinski definition) is 0. The Hall–Kier alpha value is -2.25. The fourth-order valence-corrected chi connectivity index (χ4v) is 3.93. The third kappa shape index (κ3) is 3.12. The molecule has 134 valence electrons. The molecular formula is C18H15BrClN3O3. The first-order chi connectivity index (χ1) is 12.4. The molecule has 2 atom stereocenters. The van der Waals surface area contributed by atoms with Crippen molar-refractivity contribution < 1.29 is 9.72 Å².